The molecule has 0 saturated carbocycles. The third-order valence-corrected chi connectivity index (χ3v) is 6.92. The average Bonchev–Trinajstić information content (AvgIpc) is 2.68. The van der Waals surface area contributed by atoms with Crippen LogP contribution in [0, 0.1) is 0 Å². The molecule has 2 aromatic rings. The van der Waals surface area contributed by atoms with E-state index in [9.17, 15) is 8.42 Å². The number of methoxy groups -OCH3 is 1. The summed E-state index contributed by atoms with van der Waals surface area (Å²) in [5, 5.41) is 0.395. The van der Waals surface area contributed by atoms with Crippen molar-refractivity contribution in [1.82, 2.24) is 4.31 Å². The zero-order valence-corrected chi connectivity index (χ0v) is 16.6. The highest BCUT2D eigenvalue weighted by Gasteiger charge is 2.29. The molecule has 3 rings (SSSR count). The van der Waals surface area contributed by atoms with E-state index in [2.05, 4.69) is 36.1 Å². The van der Waals surface area contributed by atoms with Gasteiger partial charge >= 0.3 is 0 Å². The standard InChI is InChI=1S/C19H23ClN2O3S/c1-3-15-4-6-16(7-5-15)21-10-12-22(13-11-21)26(23,24)17-8-9-18(20)19(14-17)25-2/h4-9,14H,3,10-13H2,1-2H3. The largest absolute Gasteiger partial charge is 0.495 e. The molecule has 0 aliphatic carbocycles. The quantitative estimate of drug-likeness (QED) is 0.779. The summed E-state index contributed by atoms with van der Waals surface area (Å²) in [6.07, 6.45) is 1.01. The van der Waals surface area contributed by atoms with E-state index in [1.165, 1.54) is 29.1 Å². The van der Waals surface area contributed by atoms with Crippen molar-refractivity contribution in [2.45, 2.75) is 18.2 Å². The summed E-state index contributed by atoms with van der Waals surface area (Å²) in [5.74, 6) is 0.363. The van der Waals surface area contributed by atoms with E-state index in [0.717, 1.165) is 12.1 Å². The molecule has 7 heteroatoms. The second-order valence-electron chi connectivity index (χ2n) is 6.21. The van der Waals surface area contributed by atoms with E-state index in [1.54, 1.807) is 6.07 Å². The van der Waals surface area contributed by atoms with Gasteiger partial charge in [-0.25, -0.2) is 8.42 Å². The number of aryl methyl sites for hydroxylation is 1. The van der Waals surface area contributed by atoms with E-state index < -0.39 is 10.0 Å². The van der Waals surface area contributed by atoms with Gasteiger partial charge in [0.25, 0.3) is 0 Å². The van der Waals surface area contributed by atoms with Crippen LogP contribution in [0.3, 0.4) is 0 Å². The number of hydrogen-bond donors (Lipinski definition) is 0. The van der Waals surface area contributed by atoms with Gasteiger partial charge in [-0.2, -0.15) is 4.31 Å². The van der Waals surface area contributed by atoms with Crippen LogP contribution in [0.1, 0.15) is 12.5 Å². The van der Waals surface area contributed by atoms with Gasteiger partial charge in [0.15, 0.2) is 0 Å². The lowest BCUT2D eigenvalue weighted by molar-refractivity contribution is 0.383. The van der Waals surface area contributed by atoms with Crippen molar-refractivity contribution in [2.75, 3.05) is 38.2 Å². The van der Waals surface area contributed by atoms with Crippen molar-refractivity contribution in [3.8, 4) is 5.75 Å². The monoisotopic (exact) mass is 394 g/mol. The second-order valence-corrected chi connectivity index (χ2v) is 8.55. The number of hydrogen-bond acceptors (Lipinski definition) is 4. The molecule has 0 radical (unpaired) electrons. The molecule has 0 unspecified atom stereocenters. The van der Waals surface area contributed by atoms with Crippen molar-refractivity contribution >= 4 is 27.3 Å². The first kappa shape index (κ1) is 19.0. The van der Waals surface area contributed by atoms with Crippen LogP contribution in [0.5, 0.6) is 5.75 Å². The number of halogens is 1. The molecule has 0 N–H and O–H groups in total. The van der Waals surface area contributed by atoms with Crippen LogP contribution < -0.4 is 9.64 Å². The minimum absolute atomic E-state index is 0.208. The van der Waals surface area contributed by atoms with E-state index in [0.29, 0.717) is 37.0 Å². The molecule has 5 nitrogen and oxygen atoms in total. The molecule has 1 aliphatic heterocycles. The van der Waals surface area contributed by atoms with Crippen LogP contribution in [0.15, 0.2) is 47.4 Å². The zero-order chi connectivity index (χ0) is 18.7. The normalized spacial score (nSPS) is 15.9. The molecule has 0 spiro atoms. The minimum atomic E-state index is -3.56. The Morgan fingerprint density at radius 2 is 1.69 bits per heavy atom. The van der Waals surface area contributed by atoms with Crippen LogP contribution in [-0.4, -0.2) is 46.0 Å². The number of rotatable bonds is 5. The highest BCUT2D eigenvalue weighted by Crippen LogP contribution is 2.29. The van der Waals surface area contributed by atoms with Crippen molar-refractivity contribution in [3.05, 3.63) is 53.1 Å². The molecule has 1 aliphatic rings. The SMILES string of the molecule is CCc1ccc(N2CCN(S(=O)(=O)c3ccc(Cl)c(OC)c3)CC2)cc1. The topological polar surface area (TPSA) is 49.9 Å². The molecule has 0 bridgehead atoms. The highest BCUT2D eigenvalue weighted by molar-refractivity contribution is 7.89. The van der Waals surface area contributed by atoms with E-state index in [-0.39, 0.29) is 4.90 Å². The van der Waals surface area contributed by atoms with E-state index in [4.69, 9.17) is 16.3 Å². The maximum atomic E-state index is 12.9. The molecule has 140 valence electrons. The van der Waals surface area contributed by atoms with Gasteiger partial charge in [0.1, 0.15) is 5.75 Å². The summed E-state index contributed by atoms with van der Waals surface area (Å²) >= 11 is 6.00. The lowest BCUT2D eigenvalue weighted by Crippen LogP contribution is -2.48. The molecule has 0 amide bonds. The predicted molar refractivity (Wildman–Crippen MR) is 105 cm³/mol. The fraction of sp³-hybridized carbons (Fsp3) is 0.368. The van der Waals surface area contributed by atoms with Gasteiger partial charge in [-0.05, 0) is 36.2 Å². The Morgan fingerprint density at radius 1 is 1.04 bits per heavy atom. The third kappa shape index (κ3) is 3.82. The first-order valence-electron chi connectivity index (χ1n) is 8.63. The Hall–Kier alpha value is -1.76. The van der Waals surface area contributed by atoms with Crippen LogP contribution >= 0.6 is 11.6 Å². The first-order chi connectivity index (χ1) is 12.5. The highest BCUT2D eigenvalue weighted by atomic mass is 35.5. The molecule has 0 atom stereocenters. The Balaban J connectivity index is 1.72. The Kier molecular flexibility index (Phi) is 5.75. The minimum Gasteiger partial charge on any atom is -0.495 e. The number of nitrogens with zero attached hydrogens (tertiary/aromatic N) is 2. The summed E-state index contributed by atoms with van der Waals surface area (Å²) in [6, 6.07) is 13.0. The fourth-order valence-corrected chi connectivity index (χ4v) is 4.71. The molecule has 1 fully saturated rings. The lowest BCUT2D eigenvalue weighted by Gasteiger charge is -2.35. The average molecular weight is 395 g/mol. The molecule has 2 aromatic carbocycles. The Bertz CT molecular complexity index is 861. The Labute approximate surface area is 160 Å². The van der Waals surface area contributed by atoms with Gasteiger partial charge < -0.3 is 9.64 Å². The third-order valence-electron chi connectivity index (χ3n) is 4.71. The molecule has 0 aromatic heterocycles. The van der Waals surface area contributed by atoms with Crippen molar-refractivity contribution in [3.63, 3.8) is 0 Å². The maximum absolute atomic E-state index is 12.9. The molecule has 1 heterocycles. The molecule has 1 saturated heterocycles. The summed E-state index contributed by atoms with van der Waals surface area (Å²) < 4.78 is 32.5. The van der Waals surface area contributed by atoms with E-state index >= 15 is 0 Å². The fourth-order valence-electron chi connectivity index (χ4n) is 3.08. The second kappa shape index (κ2) is 7.86. The summed E-state index contributed by atoms with van der Waals surface area (Å²) in [7, 11) is -2.09. The first-order valence-corrected chi connectivity index (χ1v) is 10.4. The zero-order valence-electron chi connectivity index (χ0n) is 15.0. The van der Waals surface area contributed by atoms with Crippen molar-refractivity contribution in [2.24, 2.45) is 0 Å². The van der Waals surface area contributed by atoms with Gasteiger partial charge in [0.2, 0.25) is 10.0 Å². The molecule has 26 heavy (non-hydrogen) atoms. The van der Waals surface area contributed by atoms with Gasteiger partial charge in [-0.15, -0.1) is 0 Å². The van der Waals surface area contributed by atoms with Crippen molar-refractivity contribution < 1.29 is 13.2 Å². The lowest BCUT2D eigenvalue weighted by atomic mass is 10.1. The van der Waals surface area contributed by atoms with Crippen LogP contribution in [0.2, 0.25) is 5.02 Å². The number of piperazine rings is 1. The van der Waals surface area contributed by atoms with Gasteiger partial charge in [-0.1, -0.05) is 30.7 Å². The van der Waals surface area contributed by atoms with Crippen LogP contribution in [0.4, 0.5) is 5.69 Å². The number of benzene rings is 2. The van der Waals surface area contributed by atoms with Crippen LogP contribution in [0.25, 0.3) is 0 Å². The van der Waals surface area contributed by atoms with E-state index in [1.807, 2.05) is 0 Å². The number of anilines is 1. The number of sulfonamides is 1. The van der Waals surface area contributed by atoms with Gasteiger partial charge in [0, 0.05) is 37.9 Å². The summed E-state index contributed by atoms with van der Waals surface area (Å²) in [5.41, 5.74) is 2.43. The van der Waals surface area contributed by atoms with Gasteiger partial charge in [0.05, 0.1) is 17.0 Å². The number of ether oxygens (including phenoxy) is 1. The summed E-state index contributed by atoms with van der Waals surface area (Å²) in [6.45, 7) is 4.35. The molecular weight excluding hydrogens is 372 g/mol. The predicted octanol–water partition coefficient (Wildman–Crippen LogP) is 3.42. The van der Waals surface area contributed by atoms with Gasteiger partial charge in [-0.3, -0.25) is 0 Å². The maximum Gasteiger partial charge on any atom is 0.243 e. The summed E-state index contributed by atoms with van der Waals surface area (Å²) in [4.78, 5) is 2.42. The van der Waals surface area contributed by atoms with Crippen LogP contribution in [-0.2, 0) is 16.4 Å². The molecular formula is C19H23ClN2O3S. The Morgan fingerprint density at radius 3 is 2.27 bits per heavy atom. The van der Waals surface area contributed by atoms with Crippen molar-refractivity contribution in [1.29, 1.82) is 0 Å². The smallest absolute Gasteiger partial charge is 0.243 e.